The van der Waals surface area contributed by atoms with Gasteiger partial charge in [-0.1, -0.05) is 13.8 Å². The number of aromatic amines is 1. The molecule has 0 bridgehead atoms. The predicted octanol–water partition coefficient (Wildman–Crippen LogP) is 1.51. The molecule has 1 fully saturated rings. The molecule has 2 heterocycles. The second kappa shape index (κ2) is 4.33. The smallest absolute Gasteiger partial charge is 0.153 e. The standard InChI is InChI=1S/C13H22N4/c1-9-7-10(2)12-11(8-9)13(16-15-12)17-5-3-14-4-6-17/h9-10,14H,3-8H2,1-2H3,(H,15,16). The quantitative estimate of drug-likeness (QED) is 0.774. The molecule has 4 heteroatoms. The summed E-state index contributed by atoms with van der Waals surface area (Å²) in [5.41, 5.74) is 2.87. The lowest BCUT2D eigenvalue weighted by Crippen LogP contribution is -2.44. The van der Waals surface area contributed by atoms with E-state index in [-0.39, 0.29) is 0 Å². The van der Waals surface area contributed by atoms with Crippen molar-refractivity contribution in [1.29, 1.82) is 0 Å². The van der Waals surface area contributed by atoms with E-state index < -0.39 is 0 Å². The highest BCUT2D eigenvalue weighted by Gasteiger charge is 2.28. The molecule has 0 aromatic carbocycles. The molecule has 0 spiro atoms. The van der Waals surface area contributed by atoms with E-state index in [1.165, 1.54) is 29.9 Å². The minimum absolute atomic E-state index is 0.637. The van der Waals surface area contributed by atoms with Crippen molar-refractivity contribution in [2.24, 2.45) is 5.92 Å². The number of hydrogen-bond donors (Lipinski definition) is 2. The molecule has 1 aromatic heterocycles. The van der Waals surface area contributed by atoms with Crippen LogP contribution in [0.4, 0.5) is 5.82 Å². The minimum Gasteiger partial charge on any atom is -0.352 e. The maximum absolute atomic E-state index is 4.58. The van der Waals surface area contributed by atoms with Crippen molar-refractivity contribution in [2.45, 2.75) is 32.6 Å². The molecule has 2 atom stereocenters. The van der Waals surface area contributed by atoms with Crippen LogP contribution in [0, 0.1) is 5.92 Å². The van der Waals surface area contributed by atoms with Crippen LogP contribution < -0.4 is 10.2 Å². The summed E-state index contributed by atoms with van der Waals surface area (Å²) in [6.45, 7) is 8.99. The highest BCUT2D eigenvalue weighted by atomic mass is 15.3. The summed E-state index contributed by atoms with van der Waals surface area (Å²) in [4.78, 5) is 2.43. The summed E-state index contributed by atoms with van der Waals surface area (Å²) in [5.74, 6) is 2.65. The van der Waals surface area contributed by atoms with Crippen LogP contribution in [0.15, 0.2) is 0 Å². The van der Waals surface area contributed by atoms with Gasteiger partial charge in [0.05, 0.1) is 0 Å². The van der Waals surface area contributed by atoms with Gasteiger partial charge in [0.2, 0.25) is 0 Å². The van der Waals surface area contributed by atoms with E-state index in [1.807, 2.05) is 0 Å². The lowest BCUT2D eigenvalue weighted by molar-refractivity contribution is 0.444. The Labute approximate surface area is 103 Å². The van der Waals surface area contributed by atoms with Crippen molar-refractivity contribution in [3.8, 4) is 0 Å². The average molecular weight is 234 g/mol. The van der Waals surface area contributed by atoms with E-state index in [9.17, 15) is 0 Å². The molecule has 3 rings (SSSR count). The SMILES string of the molecule is CC1Cc2c(N3CCNCC3)n[nH]c2C(C)C1. The molecule has 0 radical (unpaired) electrons. The number of nitrogens with zero attached hydrogens (tertiary/aromatic N) is 2. The maximum Gasteiger partial charge on any atom is 0.153 e. The van der Waals surface area contributed by atoms with Crippen LogP contribution in [0.1, 0.15) is 37.4 Å². The van der Waals surface area contributed by atoms with Gasteiger partial charge in [-0.25, -0.2) is 0 Å². The number of fused-ring (bicyclic) bond motifs is 1. The van der Waals surface area contributed by atoms with E-state index in [1.54, 1.807) is 0 Å². The van der Waals surface area contributed by atoms with Crippen LogP contribution in [0.3, 0.4) is 0 Å². The Morgan fingerprint density at radius 3 is 2.76 bits per heavy atom. The van der Waals surface area contributed by atoms with Crippen LogP contribution in [0.25, 0.3) is 0 Å². The van der Waals surface area contributed by atoms with Crippen molar-refractivity contribution < 1.29 is 0 Å². The zero-order valence-corrected chi connectivity index (χ0v) is 10.8. The molecule has 0 amide bonds. The van der Waals surface area contributed by atoms with E-state index in [0.717, 1.165) is 32.1 Å². The fourth-order valence-electron chi connectivity index (χ4n) is 3.27. The number of rotatable bonds is 1. The summed E-state index contributed by atoms with van der Waals surface area (Å²) in [6, 6.07) is 0. The molecule has 4 nitrogen and oxygen atoms in total. The normalized spacial score (nSPS) is 29.2. The highest BCUT2D eigenvalue weighted by Crippen LogP contribution is 2.37. The summed E-state index contributed by atoms with van der Waals surface area (Å²) >= 11 is 0. The Hall–Kier alpha value is -1.03. The zero-order valence-electron chi connectivity index (χ0n) is 10.8. The fourth-order valence-corrected chi connectivity index (χ4v) is 3.27. The van der Waals surface area contributed by atoms with Crippen LogP contribution in [-0.2, 0) is 6.42 Å². The number of anilines is 1. The maximum atomic E-state index is 4.58. The lowest BCUT2D eigenvalue weighted by atomic mass is 9.82. The zero-order chi connectivity index (χ0) is 11.8. The van der Waals surface area contributed by atoms with Gasteiger partial charge in [0, 0.05) is 37.4 Å². The van der Waals surface area contributed by atoms with Gasteiger partial charge < -0.3 is 10.2 Å². The van der Waals surface area contributed by atoms with Crippen molar-refractivity contribution in [1.82, 2.24) is 15.5 Å². The van der Waals surface area contributed by atoms with Crippen LogP contribution >= 0.6 is 0 Å². The minimum atomic E-state index is 0.637. The second-order valence-electron chi connectivity index (χ2n) is 5.62. The van der Waals surface area contributed by atoms with Crippen LogP contribution in [0.2, 0.25) is 0 Å². The van der Waals surface area contributed by atoms with Crippen molar-refractivity contribution in [3.63, 3.8) is 0 Å². The first kappa shape index (κ1) is 11.1. The largest absolute Gasteiger partial charge is 0.352 e. The van der Waals surface area contributed by atoms with Crippen LogP contribution in [0.5, 0.6) is 0 Å². The molecule has 1 aliphatic carbocycles. The van der Waals surface area contributed by atoms with E-state index in [4.69, 9.17) is 0 Å². The lowest BCUT2D eigenvalue weighted by Gasteiger charge is -2.30. The third kappa shape index (κ3) is 1.95. The number of hydrogen-bond acceptors (Lipinski definition) is 3. The molecule has 0 saturated carbocycles. The predicted molar refractivity (Wildman–Crippen MR) is 69.6 cm³/mol. The van der Waals surface area contributed by atoms with Crippen molar-refractivity contribution in [3.05, 3.63) is 11.3 Å². The Bertz CT molecular complexity index is 392. The summed E-state index contributed by atoms with van der Waals surface area (Å²) in [5, 5.41) is 11.3. The molecule has 2 unspecified atom stereocenters. The molecular weight excluding hydrogens is 212 g/mol. The molecule has 94 valence electrons. The van der Waals surface area contributed by atoms with Gasteiger partial charge in [0.15, 0.2) is 5.82 Å². The number of piperazine rings is 1. The molecule has 1 aromatic rings. The Morgan fingerprint density at radius 2 is 2.00 bits per heavy atom. The van der Waals surface area contributed by atoms with Gasteiger partial charge in [-0.2, -0.15) is 5.10 Å². The molecule has 2 N–H and O–H groups in total. The first-order chi connectivity index (χ1) is 8.25. The topological polar surface area (TPSA) is 44.0 Å². The molecule has 1 saturated heterocycles. The van der Waals surface area contributed by atoms with Crippen molar-refractivity contribution >= 4 is 5.82 Å². The molecule has 1 aliphatic heterocycles. The summed E-state index contributed by atoms with van der Waals surface area (Å²) in [6.07, 6.45) is 2.48. The monoisotopic (exact) mass is 234 g/mol. The summed E-state index contributed by atoms with van der Waals surface area (Å²) in [7, 11) is 0. The summed E-state index contributed by atoms with van der Waals surface area (Å²) < 4.78 is 0. The third-order valence-corrected chi connectivity index (χ3v) is 4.10. The van der Waals surface area contributed by atoms with Gasteiger partial charge >= 0.3 is 0 Å². The van der Waals surface area contributed by atoms with Gasteiger partial charge in [-0.15, -0.1) is 0 Å². The molecular formula is C13H22N4. The average Bonchev–Trinajstić information content (AvgIpc) is 2.74. The van der Waals surface area contributed by atoms with Gasteiger partial charge in [-0.05, 0) is 24.7 Å². The van der Waals surface area contributed by atoms with E-state index in [2.05, 4.69) is 34.3 Å². The number of nitrogens with one attached hydrogen (secondary N) is 2. The van der Waals surface area contributed by atoms with Crippen molar-refractivity contribution in [2.75, 3.05) is 31.1 Å². The van der Waals surface area contributed by atoms with Gasteiger partial charge in [-0.3, -0.25) is 5.10 Å². The Balaban J connectivity index is 1.90. The van der Waals surface area contributed by atoms with E-state index >= 15 is 0 Å². The Kier molecular flexibility index (Phi) is 2.82. The van der Waals surface area contributed by atoms with Crippen LogP contribution in [-0.4, -0.2) is 36.4 Å². The molecule has 17 heavy (non-hydrogen) atoms. The fraction of sp³-hybridized carbons (Fsp3) is 0.769. The Morgan fingerprint density at radius 1 is 1.24 bits per heavy atom. The first-order valence-electron chi connectivity index (χ1n) is 6.78. The first-order valence-corrected chi connectivity index (χ1v) is 6.78. The molecule has 2 aliphatic rings. The number of H-pyrrole nitrogens is 1. The van der Waals surface area contributed by atoms with Gasteiger partial charge in [0.25, 0.3) is 0 Å². The van der Waals surface area contributed by atoms with E-state index in [0.29, 0.717) is 5.92 Å². The highest BCUT2D eigenvalue weighted by molar-refractivity contribution is 5.51. The second-order valence-corrected chi connectivity index (χ2v) is 5.62. The van der Waals surface area contributed by atoms with Gasteiger partial charge in [0.1, 0.15) is 0 Å². The third-order valence-electron chi connectivity index (χ3n) is 4.10. The number of aromatic nitrogens is 2.